The molecule has 5 atom stereocenters. The van der Waals surface area contributed by atoms with Crippen LogP contribution in [0.25, 0.3) is 0 Å². The number of anilines is 1. The minimum absolute atomic E-state index is 0.190. The fourth-order valence-corrected chi connectivity index (χ4v) is 7.44. The van der Waals surface area contributed by atoms with Gasteiger partial charge in [0.25, 0.3) is 0 Å². The average Bonchev–Trinajstić information content (AvgIpc) is 3.04. The first-order chi connectivity index (χ1) is 17.9. The van der Waals surface area contributed by atoms with Crippen LogP contribution in [-0.4, -0.2) is 42.0 Å². The van der Waals surface area contributed by atoms with E-state index in [9.17, 15) is 15.0 Å². The van der Waals surface area contributed by atoms with Gasteiger partial charge in [-0.05, 0) is 105 Å². The highest BCUT2D eigenvalue weighted by Gasteiger charge is 2.45. The third-order valence-electron chi connectivity index (χ3n) is 9.38. The maximum Gasteiger partial charge on any atom is 0.335 e. The topological polar surface area (TPSA) is 70.0 Å². The number of aliphatic hydroxyl groups is 1. The van der Waals surface area contributed by atoms with Gasteiger partial charge in [-0.1, -0.05) is 29.8 Å². The lowest BCUT2D eigenvalue weighted by atomic mass is 9.66. The molecular weight excluding hydrogens is 486 g/mol. The zero-order chi connectivity index (χ0) is 25.6. The Morgan fingerprint density at radius 2 is 2.05 bits per heavy atom. The van der Waals surface area contributed by atoms with E-state index in [0.717, 1.165) is 80.9 Å². The largest absolute Gasteiger partial charge is 0.490 e. The molecule has 6 rings (SSSR count). The molecule has 2 N–H and O–H groups in total. The van der Waals surface area contributed by atoms with Crippen molar-refractivity contribution >= 4 is 23.3 Å². The van der Waals surface area contributed by atoms with E-state index in [-0.39, 0.29) is 28.9 Å². The lowest BCUT2D eigenvalue weighted by molar-refractivity contribution is -0.0131. The van der Waals surface area contributed by atoms with E-state index in [1.54, 1.807) is 12.1 Å². The number of benzene rings is 2. The number of rotatable bonds is 5. The fourth-order valence-electron chi connectivity index (χ4n) is 7.24. The molecule has 1 spiro atoms. The molecule has 1 heterocycles. The Morgan fingerprint density at radius 3 is 2.81 bits per heavy atom. The van der Waals surface area contributed by atoms with Gasteiger partial charge in [-0.3, -0.25) is 0 Å². The van der Waals surface area contributed by atoms with Crippen LogP contribution >= 0.6 is 11.6 Å². The number of allylic oxidation sites excluding steroid dienone is 1. The van der Waals surface area contributed by atoms with Crippen LogP contribution in [0.15, 0.2) is 48.6 Å². The Hall–Kier alpha value is -2.50. The molecule has 0 aromatic heterocycles. The predicted molar refractivity (Wildman–Crippen MR) is 146 cm³/mol. The van der Waals surface area contributed by atoms with E-state index in [0.29, 0.717) is 12.5 Å². The van der Waals surface area contributed by atoms with Crippen LogP contribution in [0.5, 0.6) is 5.75 Å². The molecule has 0 saturated heterocycles. The molecule has 1 saturated carbocycles. The fraction of sp³-hybridized carbons (Fsp3) is 0.516. The second-order valence-corrected chi connectivity index (χ2v) is 12.0. The Kier molecular flexibility index (Phi) is 6.70. The second kappa shape index (κ2) is 9.99. The lowest BCUT2D eigenvalue weighted by Gasteiger charge is -2.46. The number of halogens is 1. The van der Waals surface area contributed by atoms with Gasteiger partial charge in [0.1, 0.15) is 5.75 Å². The van der Waals surface area contributed by atoms with E-state index >= 15 is 0 Å². The number of aryl methyl sites for hydroxylation is 1. The molecule has 1 aliphatic heterocycles. The van der Waals surface area contributed by atoms with Gasteiger partial charge in [0.2, 0.25) is 0 Å². The van der Waals surface area contributed by atoms with Gasteiger partial charge in [-0.2, -0.15) is 0 Å². The van der Waals surface area contributed by atoms with Crippen molar-refractivity contribution in [2.24, 2.45) is 17.8 Å². The van der Waals surface area contributed by atoms with Gasteiger partial charge in [0.15, 0.2) is 0 Å². The van der Waals surface area contributed by atoms with E-state index in [1.165, 1.54) is 11.1 Å². The molecule has 2 aromatic rings. The molecule has 1 fully saturated rings. The van der Waals surface area contributed by atoms with Crippen LogP contribution in [0, 0.1) is 17.8 Å². The van der Waals surface area contributed by atoms with Crippen molar-refractivity contribution in [1.29, 1.82) is 0 Å². The number of aromatic carboxylic acids is 1. The minimum atomic E-state index is -0.930. The average molecular weight is 522 g/mol. The summed E-state index contributed by atoms with van der Waals surface area (Å²) in [5, 5.41) is 21.8. The lowest BCUT2D eigenvalue weighted by Crippen LogP contribution is -2.50. The highest BCUT2D eigenvalue weighted by molar-refractivity contribution is 6.30. The van der Waals surface area contributed by atoms with Crippen molar-refractivity contribution in [2.75, 3.05) is 24.6 Å². The number of nitrogens with zero attached hydrogens (tertiary/aromatic N) is 1. The maximum absolute atomic E-state index is 11.9. The summed E-state index contributed by atoms with van der Waals surface area (Å²) in [4.78, 5) is 14.2. The van der Waals surface area contributed by atoms with Crippen molar-refractivity contribution in [2.45, 2.75) is 62.9 Å². The first-order valence-corrected chi connectivity index (χ1v) is 14.2. The van der Waals surface area contributed by atoms with Gasteiger partial charge in [-0.25, -0.2) is 4.79 Å². The van der Waals surface area contributed by atoms with Crippen LogP contribution in [0.2, 0.25) is 5.02 Å². The summed E-state index contributed by atoms with van der Waals surface area (Å²) >= 11 is 6.36. The summed E-state index contributed by atoms with van der Waals surface area (Å²) in [5.74, 6) is 0.711. The van der Waals surface area contributed by atoms with Crippen LogP contribution < -0.4 is 9.64 Å². The molecule has 0 radical (unpaired) electrons. The standard InChI is InChI=1S/C31H36ClNO4/c32-24-10-12-26-21(15-24)7-4-14-31(26)18-33(27-16-22(30(35)36)9-13-28(27)37-19-31)17-23-8-11-25(23)29(34)20-5-2-1-3-6-20/h2,5,9-10,12-13,15-16,20,23,25,29,34H,1,3-4,6-8,11,14,17-19H2,(H,35,36)/t20-,23+,25-,29?,31?/m1/s1. The summed E-state index contributed by atoms with van der Waals surface area (Å²) in [7, 11) is 0. The number of hydrogen-bond acceptors (Lipinski definition) is 4. The van der Waals surface area contributed by atoms with Crippen molar-refractivity contribution in [3.63, 3.8) is 0 Å². The molecule has 4 aliphatic rings. The normalized spacial score (nSPS) is 29.5. The third kappa shape index (κ3) is 4.66. The smallest absolute Gasteiger partial charge is 0.335 e. The SMILES string of the molecule is O=C(O)c1ccc2c(c1)N(C[C@@H]1CC[C@H]1C(O)[C@@H]1C=CCCC1)CC1(CCCc3cc(Cl)ccc31)CO2. The molecule has 0 amide bonds. The second-order valence-electron chi connectivity index (χ2n) is 11.6. The van der Waals surface area contributed by atoms with E-state index in [4.69, 9.17) is 16.3 Å². The van der Waals surface area contributed by atoms with Crippen LogP contribution in [-0.2, 0) is 11.8 Å². The Bertz CT molecular complexity index is 1210. The van der Waals surface area contributed by atoms with Crippen LogP contribution in [0.1, 0.15) is 66.4 Å². The van der Waals surface area contributed by atoms with Crippen molar-refractivity contribution in [3.8, 4) is 5.75 Å². The number of hydrogen-bond donors (Lipinski definition) is 2. The molecular formula is C31H36ClNO4. The molecule has 2 aromatic carbocycles. The molecule has 0 bridgehead atoms. The molecule has 3 aliphatic carbocycles. The quantitative estimate of drug-likeness (QED) is 0.455. The molecule has 5 nitrogen and oxygen atoms in total. The predicted octanol–water partition coefficient (Wildman–Crippen LogP) is 6.25. The Labute approximate surface area is 224 Å². The highest BCUT2D eigenvalue weighted by Crippen LogP contribution is 2.47. The first-order valence-electron chi connectivity index (χ1n) is 13.8. The van der Waals surface area contributed by atoms with Crippen molar-refractivity contribution in [1.82, 2.24) is 0 Å². The van der Waals surface area contributed by atoms with Gasteiger partial charge in [0, 0.05) is 29.4 Å². The molecule has 2 unspecified atom stereocenters. The monoisotopic (exact) mass is 521 g/mol. The minimum Gasteiger partial charge on any atom is -0.490 e. The Morgan fingerprint density at radius 1 is 1.16 bits per heavy atom. The molecule has 6 heteroatoms. The molecule has 37 heavy (non-hydrogen) atoms. The van der Waals surface area contributed by atoms with E-state index < -0.39 is 5.97 Å². The summed E-state index contributed by atoms with van der Waals surface area (Å²) < 4.78 is 6.47. The summed E-state index contributed by atoms with van der Waals surface area (Å²) in [6.45, 7) is 2.11. The van der Waals surface area contributed by atoms with E-state index in [2.05, 4.69) is 29.2 Å². The first kappa shape index (κ1) is 24.8. The Balaban J connectivity index is 1.34. The summed E-state index contributed by atoms with van der Waals surface area (Å²) in [5.41, 5.74) is 3.54. The maximum atomic E-state index is 11.9. The zero-order valence-corrected chi connectivity index (χ0v) is 22.0. The number of carboxylic acid groups (broad SMARTS) is 1. The zero-order valence-electron chi connectivity index (χ0n) is 21.2. The van der Waals surface area contributed by atoms with Gasteiger partial charge in [0.05, 0.1) is 24.0 Å². The number of carboxylic acids is 1. The van der Waals surface area contributed by atoms with E-state index in [1.807, 2.05) is 12.1 Å². The van der Waals surface area contributed by atoms with Gasteiger partial charge >= 0.3 is 5.97 Å². The summed E-state index contributed by atoms with van der Waals surface area (Å²) in [6.07, 6.45) is 12.7. The number of ether oxygens (including phenoxy) is 1. The molecule has 196 valence electrons. The number of carbonyl (C=O) groups is 1. The van der Waals surface area contributed by atoms with Crippen LogP contribution in [0.3, 0.4) is 0 Å². The number of fused-ring (bicyclic) bond motifs is 3. The van der Waals surface area contributed by atoms with Crippen LogP contribution in [0.4, 0.5) is 5.69 Å². The van der Waals surface area contributed by atoms with Gasteiger partial charge < -0.3 is 19.8 Å². The third-order valence-corrected chi connectivity index (χ3v) is 9.62. The van der Waals surface area contributed by atoms with Gasteiger partial charge in [-0.15, -0.1) is 0 Å². The van der Waals surface area contributed by atoms with Crippen molar-refractivity contribution < 1.29 is 19.7 Å². The number of aliphatic hydroxyl groups excluding tert-OH is 1. The van der Waals surface area contributed by atoms with Crippen molar-refractivity contribution in [3.05, 3.63) is 70.3 Å². The summed E-state index contributed by atoms with van der Waals surface area (Å²) in [6, 6.07) is 11.5. The highest BCUT2D eigenvalue weighted by atomic mass is 35.5.